The van der Waals surface area contributed by atoms with Crippen LogP contribution in [0.3, 0.4) is 0 Å². The van der Waals surface area contributed by atoms with Gasteiger partial charge in [0.05, 0.1) is 6.10 Å². The number of hydrogen-bond donors (Lipinski definition) is 1. The fraction of sp³-hybridized carbons (Fsp3) is 0.611. The molecule has 4 nitrogen and oxygen atoms in total. The first-order valence-electron chi connectivity index (χ1n) is 8.15. The molecule has 0 aliphatic heterocycles. The summed E-state index contributed by atoms with van der Waals surface area (Å²) in [6.45, 7) is 7.95. The molecule has 0 atom stereocenters. The Hall–Kier alpha value is -1.55. The third-order valence-electron chi connectivity index (χ3n) is 4.08. The molecule has 1 amide bonds. The standard InChI is InChI=1S/C18H27NO3/c1-5-21-18(3,4)17(20)19-14-10-11-16(13(2)12-14)22-15-8-6-7-9-15/h10-12,15H,5-9H2,1-4H3,(H,19,20). The van der Waals surface area contributed by atoms with E-state index < -0.39 is 5.60 Å². The van der Waals surface area contributed by atoms with Crippen LogP contribution < -0.4 is 10.1 Å². The number of aryl methyl sites for hydroxylation is 1. The topological polar surface area (TPSA) is 47.6 Å². The molecule has 0 radical (unpaired) electrons. The highest BCUT2D eigenvalue weighted by atomic mass is 16.5. The zero-order chi connectivity index (χ0) is 16.2. The van der Waals surface area contributed by atoms with Crippen LogP contribution in [0.2, 0.25) is 0 Å². The third kappa shape index (κ3) is 4.23. The van der Waals surface area contributed by atoms with E-state index in [1.807, 2.05) is 32.0 Å². The van der Waals surface area contributed by atoms with Crippen molar-refractivity contribution in [3.05, 3.63) is 23.8 Å². The number of amides is 1. The lowest BCUT2D eigenvalue weighted by atomic mass is 10.1. The Morgan fingerprint density at radius 3 is 2.59 bits per heavy atom. The maximum Gasteiger partial charge on any atom is 0.256 e. The van der Waals surface area contributed by atoms with Gasteiger partial charge in [-0.3, -0.25) is 4.79 Å². The van der Waals surface area contributed by atoms with E-state index in [0.29, 0.717) is 12.7 Å². The molecule has 2 rings (SSSR count). The normalized spacial score (nSPS) is 15.8. The van der Waals surface area contributed by atoms with E-state index in [-0.39, 0.29) is 5.91 Å². The lowest BCUT2D eigenvalue weighted by Gasteiger charge is -2.23. The molecule has 1 aliphatic rings. The summed E-state index contributed by atoms with van der Waals surface area (Å²) in [5.74, 6) is 0.771. The number of nitrogens with one attached hydrogen (secondary N) is 1. The molecule has 4 heteroatoms. The van der Waals surface area contributed by atoms with Crippen molar-refractivity contribution in [2.75, 3.05) is 11.9 Å². The van der Waals surface area contributed by atoms with E-state index in [1.165, 1.54) is 12.8 Å². The summed E-state index contributed by atoms with van der Waals surface area (Å²) in [7, 11) is 0. The van der Waals surface area contributed by atoms with Gasteiger partial charge in [0, 0.05) is 12.3 Å². The smallest absolute Gasteiger partial charge is 0.256 e. The summed E-state index contributed by atoms with van der Waals surface area (Å²) >= 11 is 0. The number of anilines is 1. The predicted octanol–water partition coefficient (Wildman–Crippen LogP) is 4.07. The number of benzene rings is 1. The van der Waals surface area contributed by atoms with Gasteiger partial charge < -0.3 is 14.8 Å². The van der Waals surface area contributed by atoms with Crippen LogP contribution in [0.5, 0.6) is 5.75 Å². The Balaban J connectivity index is 2.01. The first-order chi connectivity index (χ1) is 10.4. The van der Waals surface area contributed by atoms with Crippen LogP contribution in [0.4, 0.5) is 5.69 Å². The van der Waals surface area contributed by atoms with Gasteiger partial charge in [-0.25, -0.2) is 0 Å². The zero-order valence-corrected chi connectivity index (χ0v) is 14.1. The maximum atomic E-state index is 12.2. The van der Waals surface area contributed by atoms with Crippen molar-refractivity contribution in [1.82, 2.24) is 0 Å². The molecule has 1 aromatic carbocycles. The SMILES string of the molecule is CCOC(C)(C)C(=O)Nc1ccc(OC2CCCC2)c(C)c1. The molecule has 1 aliphatic carbocycles. The van der Waals surface area contributed by atoms with Crippen LogP contribution in [-0.4, -0.2) is 24.2 Å². The molecular weight excluding hydrogens is 278 g/mol. The molecule has 1 N–H and O–H groups in total. The summed E-state index contributed by atoms with van der Waals surface area (Å²) < 4.78 is 11.5. The highest BCUT2D eigenvalue weighted by Gasteiger charge is 2.28. The molecule has 1 aromatic rings. The molecule has 1 saturated carbocycles. The van der Waals surface area contributed by atoms with E-state index in [0.717, 1.165) is 29.8 Å². The largest absolute Gasteiger partial charge is 0.490 e. The van der Waals surface area contributed by atoms with Gasteiger partial charge >= 0.3 is 0 Å². The highest BCUT2D eigenvalue weighted by Crippen LogP contribution is 2.28. The number of hydrogen-bond acceptors (Lipinski definition) is 3. The Labute approximate surface area is 133 Å². The van der Waals surface area contributed by atoms with Crippen LogP contribution in [0, 0.1) is 6.92 Å². The van der Waals surface area contributed by atoms with Crippen LogP contribution in [-0.2, 0) is 9.53 Å². The fourth-order valence-electron chi connectivity index (χ4n) is 2.75. The second-order valence-corrected chi connectivity index (χ2v) is 6.40. The zero-order valence-electron chi connectivity index (χ0n) is 14.1. The van der Waals surface area contributed by atoms with Gasteiger partial charge in [0.25, 0.3) is 5.91 Å². The summed E-state index contributed by atoms with van der Waals surface area (Å²) in [6.07, 6.45) is 5.13. The monoisotopic (exact) mass is 305 g/mol. The molecule has 122 valence electrons. The molecule has 0 unspecified atom stereocenters. The molecular formula is C18H27NO3. The highest BCUT2D eigenvalue weighted by molar-refractivity contribution is 5.96. The minimum Gasteiger partial charge on any atom is -0.490 e. The number of rotatable bonds is 6. The van der Waals surface area contributed by atoms with Gasteiger partial charge in [0.1, 0.15) is 11.4 Å². The average Bonchev–Trinajstić information content (AvgIpc) is 2.94. The van der Waals surface area contributed by atoms with Crippen LogP contribution in [0.1, 0.15) is 52.0 Å². The number of carbonyl (C=O) groups is 1. The summed E-state index contributed by atoms with van der Waals surface area (Å²) in [4.78, 5) is 12.2. The van der Waals surface area contributed by atoms with Crippen LogP contribution in [0.15, 0.2) is 18.2 Å². The van der Waals surface area contributed by atoms with E-state index in [4.69, 9.17) is 9.47 Å². The molecule has 0 bridgehead atoms. The van der Waals surface area contributed by atoms with Crippen LogP contribution in [0.25, 0.3) is 0 Å². The van der Waals surface area contributed by atoms with Crippen molar-refractivity contribution in [3.63, 3.8) is 0 Å². The number of ether oxygens (including phenoxy) is 2. The Kier molecular flexibility index (Phi) is 5.46. The Morgan fingerprint density at radius 1 is 1.32 bits per heavy atom. The molecule has 22 heavy (non-hydrogen) atoms. The van der Waals surface area contributed by atoms with E-state index >= 15 is 0 Å². The minimum atomic E-state index is -0.832. The first kappa shape index (κ1) is 16.8. The van der Waals surface area contributed by atoms with Crippen LogP contribution >= 0.6 is 0 Å². The quantitative estimate of drug-likeness (QED) is 0.862. The predicted molar refractivity (Wildman–Crippen MR) is 88.4 cm³/mol. The van der Waals surface area contributed by atoms with Gasteiger partial charge in [-0.15, -0.1) is 0 Å². The molecule has 0 aromatic heterocycles. The molecule has 0 spiro atoms. The van der Waals surface area contributed by atoms with E-state index in [2.05, 4.69) is 5.32 Å². The fourth-order valence-corrected chi connectivity index (χ4v) is 2.75. The minimum absolute atomic E-state index is 0.141. The van der Waals surface area contributed by atoms with Gasteiger partial charge in [-0.1, -0.05) is 0 Å². The summed E-state index contributed by atoms with van der Waals surface area (Å²) in [5, 5.41) is 2.91. The lowest BCUT2D eigenvalue weighted by molar-refractivity contribution is -0.136. The molecule has 1 fully saturated rings. The first-order valence-corrected chi connectivity index (χ1v) is 8.15. The van der Waals surface area contributed by atoms with Crippen molar-refractivity contribution in [2.45, 2.75) is 65.1 Å². The van der Waals surface area contributed by atoms with Gasteiger partial charge in [0.15, 0.2) is 0 Å². The van der Waals surface area contributed by atoms with Crippen molar-refractivity contribution in [1.29, 1.82) is 0 Å². The molecule has 0 saturated heterocycles. The van der Waals surface area contributed by atoms with Gasteiger partial charge in [-0.05, 0) is 77.1 Å². The summed E-state index contributed by atoms with van der Waals surface area (Å²) in [6, 6.07) is 5.78. The van der Waals surface area contributed by atoms with Crippen molar-refractivity contribution < 1.29 is 14.3 Å². The number of carbonyl (C=O) groups excluding carboxylic acids is 1. The lowest BCUT2D eigenvalue weighted by Crippen LogP contribution is -2.39. The van der Waals surface area contributed by atoms with Crippen molar-refractivity contribution in [3.8, 4) is 5.75 Å². The van der Waals surface area contributed by atoms with E-state index in [1.54, 1.807) is 13.8 Å². The second kappa shape index (κ2) is 7.14. The summed E-state index contributed by atoms with van der Waals surface area (Å²) in [5.41, 5.74) is 0.981. The Bertz CT molecular complexity index is 519. The molecule has 0 heterocycles. The average molecular weight is 305 g/mol. The maximum absolute atomic E-state index is 12.2. The Morgan fingerprint density at radius 2 is 2.00 bits per heavy atom. The van der Waals surface area contributed by atoms with E-state index in [9.17, 15) is 4.79 Å². The van der Waals surface area contributed by atoms with Gasteiger partial charge in [-0.2, -0.15) is 0 Å². The van der Waals surface area contributed by atoms with Crippen molar-refractivity contribution in [2.24, 2.45) is 0 Å². The third-order valence-corrected chi connectivity index (χ3v) is 4.08. The van der Waals surface area contributed by atoms with Gasteiger partial charge in [0.2, 0.25) is 0 Å². The second-order valence-electron chi connectivity index (χ2n) is 6.40. The van der Waals surface area contributed by atoms with Crippen molar-refractivity contribution >= 4 is 11.6 Å².